The maximum absolute atomic E-state index is 13.0. The molecule has 2 amide bonds. The number of hydrogen-bond donors (Lipinski definition) is 2. The number of hydrogen-bond acceptors (Lipinski definition) is 4. The summed E-state index contributed by atoms with van der Waals surface area (Å²) < 4.78 is 26.3. The van der Waals surface area contributed by atoms with E-state index < -0.39 is 15.9 Å². The van der Waals surface area contributed by atoms with E-state index >= 15 is 0 Å². The van der Waals surface area contributed by atoms with Gasteiger partial charge in [0.05, 0.1) is 29.7 Å². The molecule has 1 aliphatic rings. The van der Waals surface area contributed by atoms with Gasteiger partial charge in [0.2, 0.25) is 10.0 Å². The van der Waals surface area contributed by atoms with E-state index in [1.165, 1.54) is 22.9 Å². The van der Waals surface area contributed by atoms with Crippen LogP contribution in [0.25, 0.3) is 0 Å². The Bertz CT molecular complexity index is 1400. The Morgan fingerprint density at radius 1 is 0.868 bits per heavy atom. The third kappa shape index (κ3) is 6.87. The van der Waals surface area contributed by atoms with Crippen molar-refractivity contribution < 1.29 is 18.0 Å². The average molecular weight is 575 g/mol. The lowest BCUT2D eigenvalue weighted by Gasteiger charge is -2.24. The van der Waals surface area contributed by atoms with E-state index in [1.54, 1.807) is 54.6 Å². The second kappa shape index (κ2) is 12.2. The molecule has 1 fully saturated rings. The summed E-state index contributed by atoms with van der Waals surface area (Å²) in [5, 5.41) is 6.60. The molecule has 200 valence electrons. The summed E-state index contributed by atoms with van der Waals surface area (Å²) in [4.78, 5) is 25.9. The smallest absolute Gasteiger partial charge is 0.255 e. The number of amides is 2. The number of carbonyl (C=O) groups is 2. The highest BCUT2D eigenvalue weighted by atomic mass is 35.5. The van der Waals surface area contributed by atoms with E-state index in [1.807, 2.05) is 0 Å². The molecular weight excluding hydrogens is 545 g/mol. The number of benzene rings is 3. The largest absolute Gasteiger partial charge is 0.349 e. The van der Waals surface area contributed by atoms with E-state index in [-0.39, 0.29) is 18.5 Å². The van der Waals surface area contributed by atoms with Gasteiger partial charge in [0.15, 0.2) is 0 Å². The summed E-state index contributed by atoms with van der Waals surface area (Å²) in [7, 11) is -3.69. The fraction of sp³-hybridized carbons (Fsp3) is 0.286. The lowest BCUT2D eigenvalue weighted by Crippen LogP contribution is -2.36. The van der Waals surface area contributed by atoms with Gasteiger partial charge in [0.25, 0.3) is 11.8 Å². The molecule has 0 atom stereocenters. The molecular formula is C28H29Cl2N3O4S. The number of nitrogens with zero attached hydrogens (tertiary/aromatic N) is 1. The fourth-order valence-electron chi connectivity index (χ4n) is 4.50. The van der Waals surface area contributed by atoms with Crippen LogP contribution < -0.4 is 14.9 Å². The summed E-state index contributed by atoms with van der Waals surface area (Å²) in [6.07, 6.45) is 6.39. The van der Waals surface area contributed by atoms with Crippen molar-refractivity contribution in [1.82, 2.24) is 5.32 Å². The molecule has 1 saturated carbocycles. The Balaban J connectivity index is 1.50. The van der Waals surface area contributed by atoms with Gasteiger partial charge in [-0.3, -0.25) is 13.9 Å². The molecule has 7 nitrogen and oxygen atoms in total. The topological polar surface area (TPSA) is 95.6 Å². The Morgan fingerprint density at radius 2 is 1.50 bits per heavy atom. The summed E-state index contributed by atoms with van der Waals surface area (Å²) >= 11 is 12.5. The van der Waals surface area contributed by atoms with Crippen LogP contribution in [0.3, 0.4) is 0 Å². The molecule has 0 aromatic heterocycles. The molecule has 0 saturated heterocycles. The maximum Gasteiger partial charge on any atom is 0.255 e. The van der Waals surface area contributed by atoms with E-state index in [0.717, 1.165) is 31.9 Å². The molecule has 1 aliphatic carbocycles. The van der Waals surface area contributed by atoms with Gasteiger partial charge in [-0.15, -0.1) is 0 Å². The van der Waals surface area contributed by atoms with Gasteiger partial charge in [0.1, 0.15) is 0 Å². The molecule has 0 aliphatic heterocycles. The first-order valence-corrected chi connectivity index (χ1v) is 15.0. The number of halogens is 2. The maximum atomic E-state index is 13.0. The lowest BCUT2D eigenvalue weighted by molar-refractivity contribution is 0.0928. The molecule has 38 heavy (non-hydrogen) atoms. The summed E-state index contributed by atoms with van der Waals surface area (Å²) in [5.74, 6) is -0.639. The van der Waals surface area contributed by atoms with Gasteiger partial charge < -0.3 is 10.6 Å². The van der Waals surface area contributed by atoms with Crippen LogP contribution >= 0.6 is 23.2 Å². The molecule has 3 aromatic carbocycles. The first kappa shape index (κ1) is 28.0. The quantitative estimate of drug-likeness (QED) is 0.331. The number of anilines is 2. The van der Waals surface area contributed by atoms with E-state index in [2.05, 4.69) is 10.6 Å². The van der Waals surface area contributed by atoms with Crippen molar-refractivity contribution in [2.24, 2.45) is 0 Å². The molecule has 0 unspecified atom stereocenters. The van der Waals surface area contributed by atoms with Crippen LogP contribution in [0, 0.1) is 0 Å². The fourth-order valence-corrected chi connectivity index (χ4v) is 5.89. The van der Waals surface area contributed by atoms with Crippen molar-refractivity contribution >= 4 is 56.4 Å². The third-order valence-corrected chi connectivity index (χ3v) is 8.39. The second-order valence-electron chi connectivity index (χ2n) is 9.32. The molecule has 10 heteroatoms. The molecule has 0 spiro atoms. The van der Waals surface area contributed by atoms with Crippen molar-refractivity contribution in [3.8, 4) is 0 Å². The second-order valence-corrected chi connectivity index (χ2v) is 12.0. The van der Waals surface area contributed by atoms with E-state index in [9.17, 15) is 18.0 Å². The van der Waals surface area contributed by atoms with Crippen molar-refractivity contribution in [1.29, 1.82) is 0 Å². The molecule has 4 rings (SSSR count). The number of rotatable bonds is 8. The molecule has 0 heterocycles. The Morgan fingerprint density at radius 3 is 2.13 bits per heavy atom. The zero-order chi connectivity index (χ0) is 27.3. The SMILES string of the molecule is CS(=O)(=O)N(Cc1c(Cl)cccc1Cl)c1ccc(C(=O)Nc2ccccc2C(=O)NC2CCCCC2)cc1. The first-order chi connectivity index (χ1) is 18.1. The molecule has 0 bridgehead atoms. The number of sulfonamides is 1. The van der Waals surface area contributed by atoms with Gasteiger partial charge in [-0.1, -0.05) is 60.7 Å². The predicted molar refractivity (Wildman–Crippen MR) is 153 cm³/mol. The van der Waals surface area contributed by atoms with Crippen molar-refractivity contribution in [3.63, 3.8) is 0 Å². The van der Waals surface area contributed by atoms with Crippen molar-refractivity contribution in [3.05, 3.63) is 93.5 Å². The van der Waals surface area contributed by atoms with Gasteiger partial charge in [-0.2, -0.15) is 0 Å². The Hall–Kier alpha value is -3.07. The van der Waals surface area contributed by atoms with E-state index in [4.69, 9.17) is 23.2 Å². The lowest BCUT2D eigenvalue weighted by atomic mass is 9.95. The standard InChI is InChI=1S/C28H29Cl2N3O4S/c1-38(36,37)33(18-23-24(29)11-7-12-25(23)30)21-16-14-19(15-17-21)27(34)32-26-13-6-5-10-22(26)28(35)31-20-8-3-2-4-9-20/h5-7,10-17,20H,2-4,8-9,18H2,1H3,(H,31,35)(H,32,34). The van der Waals surface area contributed by atoms with Crippen LogP contribution in [0.2, 0.25) is 10.0 Å². The van der Waals surface area contributed by atoms with Crippen LogP contribution in [0.1, 0.15) is 58.4 Å². The highest BCUT2D eigenvalue weighted by Gasteiger charge is 2.22. The summed E-state index contributed by atoms with van der Waals surface area (Å²) in [6.45, 7) is -0.0631. The van der Waals surface area contributed by atoms with Gasteiger partial charge in [-0.25, -0.2) is 8.42 Å². The normalized spacial score (nSPS) is 14.1. The number of nitrogens with one attached hydrogen (secondary N) is 2. The summed E-state index contributed by atoms with van der Waals surface area (Å²) in [6, 6.07) is 18.1. The first-order valence-electron chi connectivity index (χ1n) is 12.4. The van der Waals surface area contributed by atoms with Gasteiger partial charge in [0, 0.05) is 27.2 Å². The molecule has 2 N–H and O–H groups in total. The number of para-hydroxylation sites is 1. The Labute approximate surface area is 233 Å². The van der Waals surface area contributed by atoms with Gasteiger partial charge >= 0.3 is 0 Å². The highest BCUT2D eigenvalue weighted by Crippen LogP contribution is 2.29. The Kier molecular flexibility index (Phi) is 8.97. The van der Waals surface area contributed by atoms with Crippen LogP contribution in [-0.4, -0.2) is 32.5 Å². The van der Waals surface area contributed by atoms with Crippen LogP contribution in [-0.2, 0) is 16.6 Å². The minimum absolute atomic E-state index is 0.0631. The van der Waals surface area contributed by atoms with Crippen molar-refractivity contribution in [2.75, 3.05) is 15.9 Å². The summed E-state index contributed by atoms with van der Waals surface area (Å²) in [5.41, 5.74) is 1.93. The molecule has 3 aromatic rings. The van der Waals surface area contributed by atoms with Crippen LogP contribution in [0.5, 0.6) is 0 Å². The zero-order valence-electron chi connectivity index (χ0n) is 20.9. The average Bonchev–Trinajstić information content (AvgIpc) is 2.89. The minimum atomic E-state index is -3.69. The number of carbonyl (C=O) groups excluding carboxylic acids is 2. The van der Waals surface area contributed by atoms with Gasteiger partial charge in [-0.05, 0) is 61.4 Å². The molecule has 0 radical (unpaired) electrons. The third-order valence-electron chi connectivity index (χ3n) is 6.54. The van der Waals surface area contributed by atoms with Crippen LogP contribution in [0.15, 0.2) is 66.7 Å². The van der Waals surface area contributed by atoms with E-state index in [0.29, 0.717) is 38.1 Å². The predicted octanol–water partition coefficient (Wildman–Crippen LogP) is 6.27. The van der Waals surface area contributed by atoms with Crippen LogP contribution in [0.4, 0.5) is 11.4 Å². The van der Waals surface area contributed by atoms with Crippen molar-refractivity contribution in [2.45, 2.75) is 44.7 Å². The highest BCUT2D eigenvalue weighted by molar-refractivity contribution is 7.92. The monoisotopic (exact) mass is 573 g/mol. The zero-order valence-corrected chi connectivity index (χ0v) is 23.2. The minimum Gasteiger partial charge on any atom is -0.349 e.